The number of nitrogen functional groups attached to an aromatic ring is 1. The molecular weight excluding hydrogens is 264 g/mol. The van der Waals surface area contributed by atoms with Crippen LogP contribution in [0.15, 0.2) is 9.59 Å². The van der Waals surface area contributed by atoms with Crippen molar-refractivity contribution in [2.75, 3.05) is 31.4 Å². The summed E-state index contributed by atoms with van der Waals surface area (Å²) in [5, 5.41) is 12.0. The number of aromatic nitrogens is 2. The minimum atomic E-state index is -0.602. The minimum absolute atomic E-state index is 0.0711. The van der Waals surface area contributed by atoms with Gasteiger partial charge in [0.25, 0.3) is 5.56 Å². The number of methoxy groups -OCH3 is 1. The molecule has 1 heterocycles. The largest absolute Gasteiger partial charge is 0.394 e. The van der Waals surface area contributed by atoms with Gasteiger partial charge in [-0.05, 0) is 6.42 Å². The van der Waals surface area contributed by atoms with E-state index in [1.165, 1.54) is 11.7 Å². The number of aliphatic hydroxyl groups excluding tert-OH is 1. The SMILES string of the molecule is CCCCn1c(N)c(NC(CO)COC)c(=O)[nH]c1=O. The molecule has 0 bridgehead atoms. The van der Waals surface area contributed by atoms with E-state index in [1.807, 2.05) is 6.92 Å². The fourth-order valence-electron chi connectivity index (χ4n) is 1.81. The molecule has 0 fully saturated rings. The molecule has 0 radical (unpaired) electrons. The van der Waals surface area contributed by atoms with Crippen molar-refractivity contribution in [3.63, 3.8) is 0 Å². The number of hydrogen-bond acceptors (Lipinski definition) is 6. The van der Waals surface area contributed by atoms with Crippen molar-refractivity contribution in [2.24, 2.45) is 0 Å². The van der Waals surface area contributed by atoms with E-state index in [0.29, 0.717) is 6.54 Å². The van der Waals surface area contributed by atoms with Gasteiger partial charge in [0, 0.05) is 13.7 Å². The topological polar surface area (TPSA) is 122 Å². The van der Waals surface area contributed by atoms with Crippen molar-refractivity contribution in [1.29, 1.82) is 0 Å². The molecular formula is C12H22N4O4. The molecule has 0 aliphatic heterocycles. The summed E-state index contributed by atoms with van der Waals surface area (Å²) in [4.78, 5) is 25.7. The van der Waals surface area contributed by atoms with Gasteiger partial charge in [0.2, 0.25) is 0 Å². The lowest BCUT2D eigenvalue weighted by Gasteiger charge is -2.19. The number of nitrogens with two attached hydrogens (primary N) is 1. The summed E-state index contributed by atoms with van der Waals surface area (Å²) in [5.41, 5.74) is 4.83. The minimum Gasteiger partial charge on any atom is -0.394 e. The molecule has 1 unspecified atom stereocenters. The molecule has 8 heteroatoms. The van der Waals surface area contributed by atoms with Crippen molar-refractivity contribution >= 4 is 11.5 Å². The van der Waals surface area contributed by atoms with Crippen LogP contribution < -0.4 is 22.3 Å². The highest BCUT2D eigenvalue weighted by Crippen LogP contribution is 2.12. The van der Waals surface area contributed by atoms with Gasteiger partial charge in [-0.1, -0.05) is 13.3 Å². The predicted octanol–water partition coefficient (Wildman–Crippen LogP) is -0.662. The van der Waals surface area contributed by atoms with Crippen LogP contribution in [0.3, 0.4) is 0 Å². The van der Waals surface area contributed by atoms with Crippen LogP contribution in [0.5, 0.6) is 0 Å². The number of nitrogens with one attached hydrogen (secondary N) is 2. The molecule has 0 saturated carbocycles. The molecule has 0 aromatic carbocycles. The van der Waals surface area contributed by atoms with Gasteiger partial charge in [0.05, 0.1) is 19.3 Å². The summed E-state index contributed by atoms with van der Waals surface area (Å²) >= 11 is 0. The maximum absolute atomic E-state index is 11.8. The molecule has 20 heavy (non-hydrogen) atoms. The molecule has 1 aromatic rings. The molecule has 0 saturated heterocycles. The highest BCUT2D eigenvalue weighted by molar-refractivity contribution is 5.60. The van der Waals surface area contributed by atoms with E-state index < -0.39 is 17.3 Å². The molecule has 0 aliphatic rings. The standard InChI is InChI=1S/C12H22N4O4/c1-3-4-5-16-10(13)9(11(18)15-12(16)19)14-8(6-17)7-20-2/h8,14,17H,3-7,13H2,1-2H3,(H,15,18,19). The Kier molecular flexibility index (Phi) is 6.26. The summed E-state index contributed by atoms with van der Waals surface area (Å²) in [5.74, 6) is 0.0711. The van der Waals surface area contributed by atoms with Gasteiger partial charge in [-0.25, -0.2) is 4.79 Å². The van der Waals surface area contributed by atoms with Crippen LogP contribution in [0.2, 0.25) is 0 Å². The third-order valence-electron chi connectivity index (χ3n) is 2.91. The third-order valence-corrected chi connectivity index (χ3v) is 2.91. The first-order chi connectivity index (χ1) is 9.54. The zero-order chi connectivity index (χ0) is 15.1. The normalized spacial score (nSPS) is 12.3. The van der Waals surface area contributed by atoms with Crippen LogP contribution in [0.4, 0.5) is 11.5 Å². The smallest absolute Gasteiger partial charge is 0.330 e. The van der Waals surface area contributed by atoms with Crippen LogP contribution in [-0.4, -0.2) is 41.0 Å². The van der Waals surface area contributed by atoms with Gasteiger partial charge in [-0.2, -0.15) is 0 Å². The Bertz CT molecular complexity index is 537. The number of rotatable bonds is 8. The van der Waals surface area contributed by atoms with Gasteiger partial charge in [0.15, 0.2) is 0 Å². The molecule has 5 N–H and O–H groups in total. The molecule has 0 spiro atoms. The van der Waals surface area contributed by atoms with Crippen molar-refractivity contribution < 1.29 is 9.84 Å². The third kappa shape index (κ3) is 3.84. The van der Waals surface area contributed by atoms with Crippen molar-refractivity contribution in [3.05, 3.63) is 20.8 Å². The first kappa shape index (κ1) is 16.3. The lowest BCUT2D eigenvalue weighted by molar-refractivity contribution is 0.153. The average molecular weight is 286 g/mol. The molecule has 1 aromatic heterocycles. The van der Waals surface area contributed by atoms with Gasteiger partial charge in [0.1, 0.15) is 11.5 Å². The van der Waals surface area contributed by atoms with Crippen molar-refractivity contribution in [2.45, 2.75) is 32.4 Å². The zero-order valence-corrected chi connectivity index (χ0v) is 11.8. The van der Waals surface area contributed by atoms with Gasteiger partial charge >= 0.3 is 5.69 Å². The number of anilines is 2. The van der Waals surface area contributed by atoms with Crippen molar-refractivity contribution in [3.8, 4) is 0 Å². The summed E-state index contributed by atoms with van der Waals surface area (Å²) in [6.45, 7) is 2.41. The Labute approximate surface area is 116 Å². The Balaban J connectivity index is 3.12. The number of ether oxygens (including phenoxy) is 1. The lowest BCUT2D eigenvalue weighted by atomic mass is 10.3. The van der Waals surface area contributed by atoms with E-state index in [9.17, 15) is 14.7 Å². The summed E-state index contributed by atoms with van der Waals surface area (Å²) in [7, 11) is 1.49. The monoisotopic (exact) mass is 286 g/mol. The maximum atomic E-state index is 11.8. The second-order valence-corrected chi connectivity index (χ2v) is 4.50. The quantitative estimate of drug-likeness (QED) is 0.503. The molecule has 8 nitrogen and oxygen atoms in total. The Hall–Kier alpha value is -1.80. The highest BCUT2D eigenvalue weighted by atomic mass is 16.5. The van der Waals surface area contributed by atoms with Crippen LogP contribution >= 0.6 is 0 Å². The van der Waals surface area contributed by atoms with E-state index in [1.54, 1.807) is 0 Å². The number of hydrogen-bond donors (Lipinski definition) is 4. The maximum Gasteiger partial charge on any atom is 0.330 e. The van der Waals surface area contributed by atoms with Gasteiger partial charge in [-0.15, -0.1) is 0 Å². The van der Waals surface area contributed by atoms with Gasteiger partial charge < -0.3 is 20.9 Å². The number of aromatic amines is 1. The van der Waals surface area contributed by atoms with E-state index in [2.05, 4.69) is 10.3 Å². The Morgan fingerprint density at radius 3 is 2.75 bits per heavy atom. The van der Waals surface area contributed by atoms with Gasteiger partial charge in [-0.3, -0.25) is 14.3 Å². The summed E-state index contributed by atoms with van der Waals surface area (Å²) < 4.78 is 6.24. The number of nitrogens with zero attached hydrogens (tertiary/aromatic N) is 1. The molecule has 0 aliphatic carbocycles. The average Bonchev–Trinajstić information content (AvgIpc) is 2.42. The van der Waals surface area contributed by atoms with E-state index >= 15 is 0 Å². The van der Waals surface area contributed by atoms with Crippen LogP contribution in [0.1, 0.15) is 19.8 Å². The van der Waals surface area contributed by atoms with Crippen LogP contribution in [0, 0.1) is 0 Å². The summed E-state index contributed by atoms with van der Waals surface area (Å²) in [6, 6.07) is -0.472. The lowest BCUT2D eigenvalue weighted by Crippen LogP contribution is -2.38. The number of H-pyrrole nitrogens is 1. The number of aliphatic hydroxyl groups is 1. The first-order valence-electron chi connectivity index (χ1n) is 6.54. The fourth-order valence-corrected chi connectivity index (χ4v) is 1.81. The second kappa shape index (κ2) is 7.71. The van der Waals surface area contributed by atoms with E-state index in [4.69, 9.17) is 10.5 Å². The number of unbranched alkanes of at least 4 members (excludes halogenated alkanes) is 1. The Morgan fingerprint density at radius 1 is 1.50 bits per heavy atom. The molecule has 114 valence electrons. The molecule has 1 rings (SSSR count). The second-order valence-electron chi connectivity index (χ2n) is 4.50. The predicted molar refractivity (Wildman–Crippen MR) is 77.0 cm³/mol. The summed E-state index contributed by atoms with van der Waals surface area (Å²) in [6.07, 6.45) is 1.67. The highest BCUT2D eigenvalue weighted by Gasteiger charge is 2.15. The van der Waals surface area contributed by atoms with Crippen LogP contribution in [-0.2, 0) is 11.3 Å². The molecule has 1 atom stereocenters. The molecule has 0 amide bonds. The van der Waals surface area contributed by atoms with Crippen LogP contribution in [0.25, 0.3) is 0 Å². The Morgan fingerprint density at radius 2 is 2.20 bits per heavy atom. The first-order valence-corrected chi connectivity index (χ1v) is 6.54. The zero-order valence-electron chi connectivity index (χ0n) is 11.8. The fraction of sp³-hybridized carbons (Fsp3) is 0.667. The van der Waals surface area contributed by atoms with Crippen molar-refractivity contribution in [1.82, 2.24) is 9.55 Å². The van der Waals surface area contributed by atoms with E-state index in [0.717, 1.165) is 12.8 Å². The van der Waals surface area contributed by atoms with E-state index in [-0.39, 0.29) is 24.7 Å².